The van der Waals surface area contributed by atoms with Crippen molar-refractivity contribution in [1.82, 2.24) is 14.5 Å². The van der Waals surface area contributed by atoms with Crippen molar-refractivity contribution in [3.05, 3.63) is 99.5 Å². The van der Waals surface area contributed by atoms with Crippen molar-refractivity contribution in [3.8, 4) is 0 Å². The molecule has 1 aliphatic heterocycles. The molecule has 0 saturated carbocycles. The molecule has 3 aromatic rings. The van der Waals surface area contributed by atoms with Gasteiger partial charge < -0.3 is 10.2 Å². The Hall–Kier alpha value is -3.40. The highest BCUT2D eigenvalue weighted by Crippen LogP contribution is 2.30. The van der Waals surface area contributed by atoms with Crippen LogP contribution in [0, 0.1) is 0 Å². The maximum absolute atomic E-state index is 13.8. The fourth-order valence-corrected chi connectivity index (χ4v) is 6.58. The molecule has 1 heterocycles. The van der Waals surface area contributed by atoms with E-state index in [4.69, 9.17) is 23.2 Å². The number of sulfonamides is 1. The monoisotopic (exact) mass is 601 g/mol. The minimum atomic E-state index is -4.09. The predicted molar refractivity (Wildman–Crippen MR) is 154 cm³/mol. The molecule has 3 amide bonds. The van der Waals surface area contributed by atoms with Crippen molar-refractivity contribution < 1.29 is 22.8 Å². The third-order valence-electron chi connectivity index (χ3n) is 6.62. The van der Waals surface area contributed by atoms with Gasteiger partial charge in [0.05, 0.1) is 5.56 Å². The average Bonchev–Trinajstić information content (AvgIpc) is 3.14. The lowest BCUT2D eigenvalue weighted by Gasteiger charge is -2.32. The first kappa shape index (κ1) is 29.6. The number of amides is 3. The van der Waals surface area contributed by atoms with Crippen molar-refractivity contribution in [3.63, 3.8) is 0 Å². The van der Waals surface area contributed by atoms with Crippen LogP contribution in [0.15, 0.2) is 77.7 Å². The molecule has 0 saturated heterocycles. The molecule has 1 N–H and O–H groups in total. The Labute approximate surface area is 243 Å². The van der Waals surface area contributed by atoms with Crippen LogP contribution in [-0.2, 0) is 32.6 Å². The number of nitrogens with one attached hydrogen (secondary N) is 1. The molecule has 0 radical (unpaired) electrons. The molecule has 0 bridgehead atoms. The highest BCUT2D eigenvalue weighted by Gasteiger charge is 2.41. The topological polar surface area (TPSA) is 104 Å². The molecule has 4 rings (SSSR count). The molecule has 0 aliphatic carbocycles. The van der Waals surface area contributed by atoms with Crippen LogP contribution >= 0.6 is 23.2 Å². The SMILES string of the molecule is CCCNC(=O)[C@@H](Cc1ccccc1)N(Cc1ccc(Cl)cc1Cl)C(=O)CCN1C(=O)c2ccccc2S1(=O)=O. The summed E-state index contributed by atoms with van der Waals surface area (Å²) < 4.78 is 26.8. The Balaban J connectivity index is 1.65. The van der Waals surface area contributed by atoms with Crippen LogP contribution in [0.3, 0.4) is 0 Å². The number of halogens is 2. The lowest BCUT2D eigenvalue weighted by atomic mass is 10.0. The van der Waals surface area contributed by atoms with E-state index >= 15 is 0 Å². The number of carbonyl (C=O) groups excluding carboxylic acids is 3. The van der Waals surface area contributed by atoms with Crippen LogP contribution < -0.4 is 5.32 Å². The van der Waals surface area contributed by atoms with Gasteiger partial charge in [-0.2, -0.15) is 0 Å². The van der Waals surface area contributed by atoms with E-state index in [1.807, 2.05) is 37.3 Å². The highest BCUT2D eigenvalue weighted by atomic mass is 35.5. The van der Waals surface area contributed by atoms with Gasteiger partial charge in [-0.05, 0) is 41.8 Å². The summed E-state index contributed by atoms with van der Waals surface area (Å²) in [6.45, 7) is 1.96. The number of hydrogen-bond donors (Lipinski definition) is 1. The normalized spacial score (nSPS) is 14.5. The van der Waals surface area contributed by atoms with Crippen LogP contribution in [0.2, 0.25) is 10.0 Å². The van der Waals surface area contributed by atoms with Gasteiger partial charge in [-0.15, -0.1) is 0 Å². The molecule has 0 fully saturated rings. The first-order chi connectivity index (χ1) is 19.1. The summed E-state index contributed by atoms with van der Waals surface area (Å²) in [4.78, 5) is 41.5. The van der Waals surface area contributed by atoms with Crippen molar-refractivity contribution in [2.24, 2.45) is 0 Å². The Bertz CT molecular complexity index is 1520. The van der Waals surface area contributed by atoms with Crippen LogP contribution in [0.1, 0.15) is 41.3 Å². The second-order valence-electron chi connectivity index (χ2n) is 9.38. The Kier molecular flexibility index (Phi) is 9.50. The largest absolute Gasteiger partial charge is 0.354 e. The van der Waals surface area contributed by atoms with Gasteiger partial charge in [-0.3, -0.25) is 14.4 Å². The van der Waals surface area contributed by atoms with Crippen molar-refractivity contribution in [2.75, 3.05) is 13.1 Å². The number of fused-ring (bicyclic) bond motifs is 1. The highest BCUT2D eigenvalue weighted by molar-refractivity contribution is 7.90. The predicted octanol–water partition coefficient (Wildman–Crippen LogP) is 4.69. The minimum Gasteiger partial charge on any atom is -0.354 e. The third-order valence-corrected chi connectivity index (χ3v) is 9.04. The summed E-state index contributed by atoms with van der Waals surface area (Å²) >= 11 is 12.5. The second kappa shape index (κ2) is 12.8. The van der Waals surface area contributed by atoms with Crippen molar-refractivity contribution in [1.29, 1.82) is 0 Å². The zero-order chi connectivity index (χ0) is 28.9. The molecular weight excluding hydrogens is 573 g/mol. The molecule has 1 atom stereocenters. The second-order valence-corrected chi connectivity index (χ2v) is 12.1. The summed E-state index contributed by atoms with van der Waals surface area (Å²) in [5.41, 5.74) is 1.48. The van der Waals surface area contributed by atoms with E-state index in [1.54, 1.807) is 30.3 Å². The van der Waals surface area contributed by atoms with Gasteiger partial charge in [0.2, 0.25) is 11.8 Å². The number of benzene rings is 3. The summed E-state index contributed by atoms with van der Waals surface area (Å²) in [6.07, 6.45) is 0.604. The molecule has 210 valence electrons. The van der Waals surface area contributed by atoms with Crippen LogP contribution in [0.25, 0.3) is 0 Å². The summed E-state index contributed by atoms with van der Waals surface area (Å²) in [5.74, 6) is -1.53. The quantitative estimate of drug-likeness (QED) is 0.343. The fraction of sp³-hybridized carbons (Fsp3) is 0.276. The standard InChI is InChI=1S/C29H29Cl2N3O5S/c1-2-15-32-28(36)25(17-20-8-4-3-5-9-20)33(19-21-12-13-22(30)18-24(21)31)27(35)14-16-34-29(37)23-10-6-7-11-26(23)40(34,38)39/h3-13,18,25H,2,14-17,19H2,1H3,(H,32,36)/t25-/m1/s1. The van der Waals surface area contributed by atoms with Gasteiger partial charge in [-0.1, -0.05) is 78.7 Å². The summed E-state index contributed by atoms with van der Waals surface area (Å²) in [5, 5.41) is 3.63. The van der Waals surface area contributed by atoms with E-state index < -0.39 is 27.9 Å². The van der Waals surface area contributed by atoms with Gasteiger partial charge in [0.15, 0.2) is 0 Å². The Morgan fingerprint density at radius 1 is 1.00 bits per heavy atom. The third kappa shape index (κ3) is 6.49. The van der Waals surface area contributed by atoms with E-state index in [-0.39, 0.29) is 42.3 Å². The van der Waals surface area contributed by atoms with E-state index in [2.05, 4.69) is 5.32 Å². The van der Waals surface area contributed by atoms with Gasteiger partial charge in [0, 0.05) is 42.5 Å². The molecule has 0 unspecified atom stereocenters. The van der Waals surface area contributed by atoms with Gasteiger partial charge in [0.25, 0.3) is 15.9 Å². The van der Waals surface area contributed by atoms with Crippen LogP contribution in [0.4, 0.5) is 0 Å². The Morgan fingerprint density at radius 3 is 2.38 bits per heavy atom. The zero-order valence-corrected chi connectivity index (χ0v) is 24.2. The Morgan fingerprint density at radius 2 is 1.70 bits per heavy atom. The molecule has 11 heteroatoms. The maximum atomic E-state index is 13.8. The van der Waals surface area contributed by atoms with Gasteiger partial charge in [0.1, 0.15) is 10.9 Å². The number of hydrogen-bond acceptors (Lipinski definition) is 5. The van der Waals surface area contributed by atoms with Gasteiger partial charge >= 0.3 is 0 Å². The molecule has 0 spiro atoms. The van der Waals surface area contributed by atoms with E-state index in [9.17, 15) is 22.8 Å². The van der Waals surface area contributed by atoms with E-state index in [0.717, 1.165) is 5.56 Å². The maximum Gasteiger partial charge on any atom is 0.269 e. The van der Waals surface area contributed by atoms with Crippen LogP contribution in [0.5, 0.6) is 0 Å². The number of carbonyl (C=O) groups is 3. The summed E-state index contributed by atoms with van der Waals surface area (Å²) in [7, 11) is -4.09. The summed E-state index contributed by atoms with van der Waals surface area (Å²) in [6, 6.07) is 19.2. The van der Waals surface area contributed by atoms with E-state index in [1.165, 1.54) is 17.0 Å². The first-order valence-electron chi connectivity index (χ1n) is 12.8. The molecule has 0 aromatic heterocycles. The van der Waals surface area contributed by atoms with Crippen molar-refractivity contribution in [2.45, 2.75) is 43.7 Å². The van der Waals surface area contributed by atoms with Crippen LogP contribution in [-0.4, -0.2) is 54.5 Å². The first-order valence-corrected chi connectivity index (χ1v) is 15.0. The van der Waals surface area contributed by atoms with E-state index in [0.29, 0.717) is 32.9 Å². The zero-order valence-electron chi connectivity index (χ0n) is 21.8. The number of rotatable bonds is 11. The average molecular weight is 603 g/mol. The molecule has 1 aliphatic rings. The van der Waals surface area contributed by atoms with Gasteiger partial charge in [-0.25, -0.2) is 12.7 Å². The fourth-order valence-electron chi connectivity index (χ4n) is 4.55. The molecule has 3 aromatic carbocycles. The molecular formula is C29H29Cl2N3O5S. The minimum absolute atomic E-state index is 0.0210. The lowest BCUT2D eigenvalue weighted by molar-refractivity contribution is -0.141. The lowest BCUT2D eigenvalue weighted by Crippen LogP contribution is -2.51. The smallest absolute Gasteiger partial charge is 0.269 e. The molecule has 8 nitrogen and oxygen atoms in total. The molecule has 40 heavy (non-hydrogen) atoms. The van der Waals surface area contributed by atoms with Crippen molar-refractivity contribution >= 4 is 50.9 Å². The number of nitrogens with zero attached hydrogens (tertiary/aromatic N) is 2.